The predicted molar refractivity (Wildman–Crippen MR) is 75.9 cm³/mol. The monoisotopic (exact) mass is 265 g/mol. The summed E-state index contributed by atoms with van der Waals surface area (Å²) < 4.78 is 0. The summed E-state index contributed by atoms with van der Waals surface area (Å²) in [6, 6.07) is 1.99. The van der Waals surface area contributed by atoms with E-state index in [4.69, 9.17) is 0 Å². The first-order chi connectivity index (χ1) is 8.86. The minimum absolute atomic E-state index is 0.533. The van der Waals surface area contributed by atoms with Gasteiger partial charge in [-0.3, -0.25) is 9.88 Å². The van der Waals surface area contributed by atoms with Gasteiger partial charge in [0.25, 0.3) is 0 Å². The molecular weight excluding hydrogens is 242 g/mol. The average Bonchev–Trinajstić information content (AvgIpc) is 3.11. The molecule has 1 N–H and O–H groups in total. The Morgan fingerprint density at radius 3 is 3.06 bits per heavy atom. The van der Waals surface area contributed by atoms with E-state index in [1.54, 1.807) is 11.3 Å². The molecule has 3 atom stereocenters. The van der Waals surface area contributed by atoms with E-state index in [9.17, 15) is 0 Å². The van der Waals surface area contributed by atoms with Crippen molar-refractivity contribution in [3.05, 3.63) is 16.6 Å². The van der Waals surface area contributed by atoms with Gasteiger partial charge in [0, 0.05) is 29.2 Å². The SMILES string of the molecule is CC(c1cncs1)N1CCCCC1C1CCCN1. The van der Waals surface area contributed by atoms with Gasteiger partial charge in [-0.1, -0.05) is 6.42 Å². The smallest absolute Gasteiger partial charge is 0.0794 e. The van der Waals surface area contributed by atoms with E-state index in [0.29, 0.717) is 6.04 Å². The Bertz CT molecular complexity index is 359. The zero-order valence-electron chi connectivity index (χ0n) is 11.1. The highest BCUT2D eigenvalue weighted by atomic mass is 32.1. The van der Waals surface area contributed by atoms with Crippen LogP contribution in [0.15, 0.2) is 11.7 Å². The number of nitrogens with one attached hydrogen (secondary N) is 1. The van der Waals surface area contributed by atoms with Gasteiger partial charge in [-0.2, -0.15) is 0 Å². The molecule has 3 unspecified atom stereocenters. The van der Waals surface area contributed by atoms with E-state index in [1.165, 1.54) is 50.1 Å². The van der Waals surface area contributed by atoms with Crippen LogP contribution in [0.5, 0.6) is 0 Å². The fourth-order valence-corrected chi connectivity index (χ4v) is 4.23. The van der Waals surface area contributed by atoms with E-state index < -0.39 is 0 Å². The van der Waals surface area contributed by atoms with Crippen LogP contribution in [0.1, 0.15) is 49.9 Å². The molecule has 0 bridgehead atoms. The molecule has 3 heterocycles. The second-order valence-corrected chi connectivity index (χ2v) is 6.50. The topological polar surface area (TPSA) is 28.2 Å². The van der Waals surface area contributed by atoms with Crippen LogP contribution in [0.25, 0.3) is 0 Å². The van der Waals surface area contributed by atoms with E-state index in [2.05, 4.69) is 22.1 Å². The van der Waals surface area contributed by atoms with Gasteiger partial charge in [-0.25, -0.2) is 0 Å². The summed E-state index contributed by atoms with van der Waals surface area (Å²) in [6.07, 6.45) is 8.87. The van der Waals surface area contributed by atoms with Gasteiger partial charge in [0.15, 0.2) is 0 Å². The van der Waals surface area contributed by atoms with Crippen molar-refractivity contribution in [2.45, 2.75) is 57.2 Å². The highest BCUT2D eigenvalue weighted by Gasteiger charge is 2.34. The fraction of sp³-hybridized carbons (Fsp3) is 0.786. The standard InChI is InChI=1S/C14H23N3S/c1-11(14-9-15-10-18-14)17-8-3-2-6-13(17)12-5-4-7-16-12/h9-13,16H,2-8H2,1H3. The number of piperidine rings is 1. The van der Waals surface area contributed by atoms with Crippen molar-refractivity contribution < 1.29 is 0 Å². The minimum Gasteiger partial charge on any atom is -0.312 e. The van der Waals surface area contributed by atoms with Crippen LogP contribution >= 0.6 is 11.3 Å². The van der Waals surface area contributed by atoms with Crippen LogP contribution in [-0.2, 0) is 0 Å². The van der Waals surface area contributed by atoms with Gasteiger partial charge < -0.3 is 5.32 Å². The summed E-state index contributed by atoms with van der Waals surface area (Å²) in [5.74, 6) is 0. The molecule has 2 aliphatic rings. The Morgan fingerprint density at radius 2 is 2.33 bits per heavy atom. The van der Waals surface area contributed by atoms with Crippen molar-refractivity contribution >= 4 is 11.3 Å². The minimum atomic E-state index is 0.533. The number of likely N-dealkylation sites (tertiary alicyclic amines) is 1. The number of hydrogen-bond acceptors (Lipinski definition) is 4. The lowest BCUT2D eigenvalue weighted by Gasteiger charge is -2.42. The van der Waals surface area contributed by atoms with Gasteiger partial charge in [0.1, 0.15) is 0 Å². The average molecular weight is 265 g/mol. The molecule has 18 heavy (non-hydrogen) atoms. The first kappa shape index (κ1) is 12.6. The molecule has 3 rings (SSSR count). The van der Waals surface area contributed by atoms with E-state index in [-0.39, 0.29) is 0 Å². The van der Waals surface area contributed by atoms with Crippen molar-refractivity contribution in [3.8, 4) is 0 Å². The summed E-state index contributed by atoms with van der Waals surface area (Å²) in [6.45, 7) is 4.81. The summed E-state index contributed by atoms with van der Waals surface area (Å²) in [5, 5.41) is 3.70. The van der Waals surface area contributed by atoms with Crippen molar-refractivity contribution in [2.75, 3.05) is 13.1 Å². The first-order valence-corrected chi connectivity index (χ1v) is 8.12. The highest BCUT2D eigenvalue weighted by molar-refractivity contribution is 7.09. The third-order valence-corrected chi connectivity index (χ3v) is 5.46. The zero-order valence-corrected chi connectivity index (χ0v) is 12.0. The lowest BCUT2D eigenvalue weighted by molar-refractivity contribution is 0.0817. The Kier molecular flexibility index (Phi) is 3.97. The Balaban J connectivity index is 1.74. The molecule has 2 fully saturated rings. The molecule has 0 aliphatic carbocycles. The predicted octanol–water partition coefficient (Wildman–Crippen LogP) is 2.81. The summed E-state index contributed by atoms with van der Waals surface area (Å²) in [4.78, 5) is 8.38. The van der Waals surface area contributed by atoms with Gasteiger partial charge in [-0.15, -0.1) is 11.3 Å². The van der Waals surface area contributed by atoms with Crippen molar-refractivity contribution in [1.82, 2.24) is 15.2 Å². The second kappa shape index (κ2) is 5.68. The van der Waals surface area contributed by atoms with Gasteiger partial charge in [0.2, 0.25) is 0 Å². The number of nitrogens with zero attached hydrogens (tertiary/aromatic N) is 2. The van der Waals surface area contributed by atoms with Crippen LogP contribution in [-0.4, -0.2) is 35.1 Å². The molecule has 0 saturated carbocycles. The van der Waals surface area contributed by atoms with Gasteiger partial charge >= 0.3 is 0 Å². The van der Waals surface area contributed by atoms with Crippen molar-refractivity contribution in [3.63, 3.8) is 0 Å². The maximum atomic E-state index is 4.24. The van der Waals surface area contributed by atoms with Gasteiger partial charge in [-0.05, 0) is 45.7 Å². The molecule has 0 aromatic carbocycles. The summed E-state index contributed by atoms with van der Waals surface area (Å²) in [5.41, 5.74) is 1.96. The maximum absolute atomic E-state index is 4.24. The Hall–Kier alpha value is -0.450. The molecule has 4 heteroatoms. The third-order valence-electron chi connectivity index (χ3n) is 4.52. The lowest BCUT2D eigenvalue weighted by Crippen LogP contribution is -2.50. The normalized spacial score (nSPS) is 31.6. The molecule has 1 aromatic heterocycles. The molecule has 0 radical (unpaired) electrons. The molecule has 2 saturated heterocycles. The van der Waals surface area contributed by atoms with Gasteiger partial charge in [0.05, 0.1) is 5.51 Å². The van der Waals surface area contributed by atoms with Crippen LogP contribution in [0, 0.1) is 0 Å². The molecule has 0 amide bonds. The molecule has 2 aliphatic heterocycles. The molecule has 0 spiro atoms. The largest absolute Gasteiger partial charge is 0.312 e. The third kappa shape index (κ3) is 2.46. The maximum Gasteiger partial charge on any atom is 0.0794 e. The second-order valence-electron chi connectivity index (χ2n) is 5.58. The van der Waals surface area contributed by atoms with E-state index >= 15 is 0 Å². The Labute approximate surface area is 114 Å². The van der Waals surface area contributed by atoms with Crippen molar-refractivity contribution in [1.29, 1.82) is 0 Å². The Morgan fingerprint density at radius 1 is 1.39 bits per heavy atom. The van der Waals surface area contributed by atoms with Crippen molar-refractivity contribution in [2.24, 2.45) is 0 Å². The van der Waals surface area contributed by atoms with E-state index in [1.807, 2.05) is 11.7 Å². The number of aromatic nitrogens is 1. The molecule has 1 aromatic rings. The van der Waals surface area contributed by atoms with Crippen LogP contribution in [0.4, 0.5) is 0 Å². The summed E-state index contributed by atoms with van der Waals surface area (Å²) >= 11 is 1.80. The molecular formula is C14H23N3S. The quantitative estimate of drug-likeness (QED) is 0.911. The molecule has 100 valence electrons. The number of thiazole rings is 1. The zero-order chi connectivity index (χ0) is 12.4. The summed E-state index contributed by atoms with van der Waals surface area (Å²) in [7, 11) is 0. The van der Waals surface area contributed by atoms with Crippen LogP contribution in [0.3, 0.4) is 0 Å². The van der Waals surface area contributed by atoms with Crippen LogP contribution in [0.2, 0.25) is 0 Å². The number of rotatable bonds is 3. The lowest BCUT2D eigenvalue weighted by atomic mass is 9.93. The number of hydrogen-bond donors (Lipinski definition) is 1. The molecule has 3 nitrogen and oxygen atoms in total. The first-order valence-electron chi connectivity index (χ1n) is 7.24. The van der Waals surface area contributed by atoms with E-state index in [0.717, 1.165) is 12.1 Å². The highest BCUT2D eigenvalue weighted by Crippen LogP contribution is 2.33. The van der Waals surface area contributed by atoms with Crippen LogP contribution < -0.4 is 5.32 Å². The fourth-order valence-electron chi connectivity index (χ4n) is 3.53.